The predicted octanol–water partition coefficient (Wildman–Crippen LogP) is 5.51. The van der Waals surface area contributed by atoms with Crippen molar-refractivity contribution in [2.45, 2.75) is 77.3 Å². The normalized spacial score (nSPS) is 20.6. The van der Waals surface area contributed by atoms with Gasteiger partial charge in [-0.3, -0.25) is 14.5 Å². The molecular weight excluding hydrogens is 454 g/mol. The van der Waals surface area contributed by atoms with Gasteiger partial charge in [-0.05, 0) is 42.3 Å². The molecule has 5 nitrogen and oxygen atoms in total. The minimum Gasteiger partial charge on any atom is -0.338 e. The van der Waals surface area contributed by atoms with Crippen LogP contribution in [0.15, 0.2) is 41.8 Å². The van der Waals surface area contributed by atoms with E-state index in [0.29, 0.717) is 32.6 Å². The number of amides is 2. The average molecular weight is 496 g/mol. The van der Waals surface area contributed by atoms with Crippen molar-refractivity contribution in [2.75, 3.05) is 32.7 Å². The van der Waals surface area contributed by atoms with Gasteiger partial charge in [0.25, 0.3) is 0 Å². The van der Waals surface area contributed by atoms with Crippen LogP contribution >= 0.6 is 11.3 Å². The first kappa shape index (κ1) is 25.9. The molecule has 4 rings (SSSR count). The molecule has 1 fully saturated rings. The van der Waals surface area contributed by atoms with Crippen molar-refractivity contribution in [3.63, 3.8) is 0 Å². The van der Waals surface area contributed by atoms with Crippen LogP contribution < -0.4 is 0 Å². The van der Waals surface area contributed by atoms with E-state index in [1.807, 2.05) is 27.2 Å². The Kier molecular flexibility index (Phi) is 9.38. The van der Waals surface area contributed by atoms with Crippen LogP contribution in [0.3, 0.4) is 0 Å². The van der Waals surface area contributed by atoms with Crippen LogP contribution in [0.5, 0.6) is 0 Å². The van der Waals surface area contributed by atoms with Gasteiger partial charge in [-0.25, -0.2) is 0 Å². The number of thiophene rings is 1. The Morgan fingerprint density at radius 2 is 1.71 bits per heavy atom. The van der Waals surface area contributed by atoms with Gasteiger partial charge in [0.15, 0.2) is 0 Å². The third-order valence-corrected chi connectivity index (χ3v) is 8.56. The minimum atomic E-state index is 0.0787. The number of carbonyl (C=O) groups is 2. The summed E-state index contributed by atoms with van der Waals surface area (Å²) in [7, 11) is 0. The second kappa shape index (κ2) is 12.7. The molecule has 0 bridgehead atoms. The van der Waals surface area contributed by atoms with E-state index in [4.69, 9.17) is 0 Å². The van der Waals surface area contributed by atoms with Crippen LogP contribution in [-0.4, -0.2) is 65.3 Å². The number of unbranched alkanes of at least 4 members (excludes halogenated alkanes) is 5. The molecule has 0 saturated carbocycles. The van der Waals surface area contributed by atoms with Crippen molar-refractivity contribution >= 4 is 23.2 Å². The molecule has 1 saturated heterocycles. The number of benzene rings is 1. The lowest BCUT2D eigenvalue weighted by atomic mass is 9.93. The molecule has 0 spiro atoms. The molecule has 35 heavy (non-hydrogen) atoms. The molecule has 2 amide bonds. The first-order valence-electron chi connectivity index (χ1n) is 13.5. The molecule has 2 aliphatic rings. The van der Waals surface area contributed by atoms with Crippen molar-refractivity contribution < 1.29 is 9.59 Å². The summed E-state index contributed by atoms with van der Waals surface area (Å²) < 4.78 is 0. The van der Waals surface area contributed by atoms with E-state index in [9.17, 15) is 9.59 Å². The van der Waals surface area contributed by atoms with Crippen molar-refractivity contribution in [1.29, 1.82) is 0 Å². The molecule has 6 heteroatoms. The van der Waals surface area contributed by atoms with E-state index in [1.54, 1.807) is 0 Å². The molecule has 2 aromatic rings. The highest BCUT2D eigenvalue weighted by Crippen LogP contribution is 2.37. The van der Waals surface area contributed by atoms with Gasteiger partial charge in [0.05, 0.1) is 12.6 Å². The largest absolute Gasteiger partial charge is 0.338 e. The molecule has 0 unspecified atom stereocenters. The third kappa shape index (κ3) is 6.53. The molecule has 190 valence electrons. The van der Waals surface area contributed by atoms with E-state index in [-0.39, 0.29) is 23.9 Å². The van der Waals surface area contributed by atoms with Crippen LogP contribution in [0.25, 0.3) is 0 Å². The second-order valence-corrected chi connectivity index (χ2v) is 11.1. The van der Waals surface area contributed by atoms with Gasteiger partial charge in [-0.1, -0.05) is 69.4 Å². The zero-order valence-corrected chi connectivity index (χ0v) is 22.3. The summed E-state index contributed by atoms with van der Waals surface area (Å²) in [6.07, 6.45) is 8.81. The Hall–Kier alpha value is -2.18. The number of hydrogen-bond donors (Lipinski definition) is 0. The summed E-state index contributed by atoms with van der Waals surface area (Å²) in [5.41, 5.74) is 2.59. The van der Waals surface area contributed by atoms with Gasteiger partial charge in [-0.2, -0.15) is 0 Å². The lowest BCUT2D eigenvalue weighted by molar-refractivity contribution is -0.143. The lowest BCUT2D eigenvalue weighted by Gasteiger charge is -2.42. The van der Waals surface area contributed by atoms with Crippen LogP contribution in [0.2, 0.25) is 0 Å². The minimum absolute atomic E-state index is 0.0787. The fraction of sp³-hybridized carbons (Fsp3) is 0.586. The van der Waals surface area contributed by atoms with E-state index >= 15 is 0 Å². The van der Waals surface area contributed by atoms with Gasteiger partial charge in [0, 0.05) is 43.5 Å². The van der Waals surface area contributed by atoms with Gasteiger partial charge < -0.3 is 9.80 Å². The van der Waals surface area contributed by atoms with Gasteiger partial charge in [0.2, 0.25) is 11.8 Å². The van der Waals surface area contributed by atoms with Crippen molar-refractivity contribution in [1.82, 2.24) is 14.7 Å². The Morgan fingerprint density at radius 1 is 0.943 bits per heavy atom. The fourth-order valence-corrected chi connectivity index (χ4v) is 6.50. The molecule has 0 N–H and O–H groups in total. The SMILES string of the molecule is CCCCCCCCC(=O)N1CCN(C(=O)CN2CCc3sccc3[C@@H]2c2ccccc2)C[C@H]1C. The number of hydrogen-bond acceptors (Lipinski definition) is 4. The Balaban J connectivity index is 1.31. The topological polar surface area (TPSA) is 43.9 Å². The Morgan fingerprint density at radius 3 is 2.49 bits per heavy atom. The maximum atomic E-state index is 13.4. The third-order valence-electron chi connectivity index (χ3n) is 7.56. The molecule has 0 aliphatic carbocycles. The Labute approximate surface area is 215 Å². The summed E-state index contributed by atoms with van der Waals surface area (Å²) in [4.78, 5) is 34.0. The van der Waals surface area contributed by atoms with E-state index in [1.165, 1.54) is 41.7 Å². The average Bonchev–Trinajstić information content (AvgIpc) is 3.35. The van der Waals surface area contributed by atoms with Crippen LogP contribution in [-0.2, 0) is 16.0 Å². The Bertz CT molecular complexity index is 960. The molecule has 1 aromatic heterocycles. The van der Waals surface area contributed by atoms with Crippen LogP contribution in [0.4, 0.5) is 0 Å². The molecule has 3 heterocycles. The van der Waals surface area contributed by atoms with Gasteiger partial charge in [-0.15, -0.1) is 11.3 Å². The number of fused-ring (bicyclic) bond motifs is 1. The highest BCUT2D eigenvalue weighted by atomic mass is 32.1. The van der Waals surface area contributed by atoms with Gasteiger partial charge in [0.1, 0.15) is 0 Å². The molecule has 1 aromatic carbocycles. The highest BCUT2D eigenvalue weighted by molar-refractivity contribution is 7.10. The summed E-state index contributed by atoms with van der Waals surface area (Å²) in [6.45, 7) is 7.55. The molecule has 2 aliphatic heterocycles. The smallest absolute Gasteiger partial charge is 0.236 e. The first-order chi connectivity index (χ1) is 17.1. The number of nitrogens with zero attached hydrogens (tertiary/aromatic N) is 3. The zero-order chi connectivity index (χ0) is 24.6. The van der Waals surface area contributed by atoms with Crippen LogP contribution in [0.1, 0.15) is 80.8 Å². The van der Waals surface area contributed by atoms with Crippen molar-refractivity contribution in [3.8, 4) is 0 Å². The first-order valence-corrected chi connectivity index (χ1v) is 14.4. The summed E-state index contributed by atoms with van der Waals surface area (Å²) in [5.74, 6) is 0.435. The standard InChI is InChI=1S/C29H41N3O2S/c1-3-4-5-6-7-11-14-27(33)32-19-18-30(21-23(32)2)28(34)22-31-17-15-26-25(16-20-35-26)29(31)24-12-9-8-10-13-24/h8-10,12-13,16,20,23,29H,3-7,11,14-15,17-19,21-22H2,1-2H3/t23-,29+/m1/s1. The summed E-state index contributed by atoms with van der Waals surface area (Å²) in [6, 6.07) is 13.0. The lowest BCUT2D eigenvalue weighted by Crippen LogP contribution is -2.57. The maximum Gasteiger partial charge on any atom is 0.236 e. The summed E-state index contributed by atoms with van der Waals surface area (Å²) >= 11 is 1.83. The number of piperazine rings is 1. The van der Waals surface area contributed by atoms with Crippen molar-refractivity contribution in [3.05, 3.63) is 57.8 Å². The zero-order valence-electron chi connectivity index (χ0n) is 21.5. The summed E-state index contributed by atoms with van der Waals surface area (Å²) in [5, 5.41) is 2.18. The predicted molar refractivity (Wildman–Crippen MR) is 144 cm³/mol. The van der Waals surface area contributed by atoms with E-state index < -0.39 is 0 Å². The molecule has 2 atom stereocenters. The van der Waals surface area contributed by atoms with Crippen LogP contribution in [0, 0.1) is 0 Å². The van der Waals surface area contributed by atoms with E-state index in [2.05, 4.69) is 54.5 Å². The quantitative estimate of drug-likeness (QED) is 0.409. The monoisotopic (exact) mass is 495 g/mol. The van der Waals surface area contributed by atoms with Crippen molar-refractivity contribution in [2.24, 2.45) is 0 Å². The maximum absolute atomic E-state index is 13.4. The van der Waals surface area contributed by atoms with Gasteiger partial charge >= 0.3 is 0 Å². The van der Waals surface area contributed by atoms with E-state index in [0.717, 1.165) is 25.8 Å². The number of carbonyl (C=O) groups excluding carboxylic acids is 2. The highest BCUT2D eigenvalue weighted by Gasteiger charge is 2.34. The number of rotatable bonds is 10. The second-order valence-electron chi connectivity index (χ2n) is 10.1. The fourth-order valence-electron chi connectivity index (χ4n) is 5.59. The molecular formula is C29H41N3O2S. The molecule has 0 radical (unpaired) electrons.